The number of piperidine rings is 3. The maximum Gasteiger partial charge on any atom is 0.229 e. The van der Waals surface area contributed by atoms with E-state index in [4.69, 9.17) is 0 Å². The Morgan fingerprint density at radius 2 is 2.11 bits per heavy atom. The van der Waals surface area contributed by atoms with Gasteiger partial charge in [0.15, 0.2) is 5.78 Å². The van der Waals surface area contributed by atoms with Gasteiger partial charge in [-0.2, -0.15) is 0 Å². The van der Waals surface area contributed by atoms with E-state index in [1.807, 2.05) is 0 Å². The minimum absolute atomic E-state index is 0.0176. The average Bonchev–Trinajstić information content (AvgIpc) is 3.17. The van der Waals surface area contributed by atoms with Gasteiger partial charge in [0.05, 0.1) is 31.7 Å². The molecule has 5 rings (SSSR count). The van der Waals surface area contributed by atoms with Crippen LogP contribution in [0.1, 0.15) is 35.8 Å². The summed E-state index contributed by atoms with van der Waals surface area (Å²) in [4.78, 5) is 25.5. The molecule has 0 spiro atoms. The summed E-state index contributed by atoms with van der Waals surface area (Å²) in [5.41, 5.74) is 1.29. The van der Waals surface area contributed by atoms with Gasteiger partial charge in [0.25, 0.3) is 0 Å². The number of Topliss-reactive ketones (excluding diaryl/α,β-unsaturated/α-hetero) is 1. The molecule has 7 nitrogen and oxygen atoms in total. The zero-order chi connectivity index (χ0) is 19.7. The first-order valence-corrected chi connectivity index (χ1v) is 9.77. The lowest BCUT2D eigenvalue weighted by molar-refractivity contribution is -0.945. The SMILES string of the molecule is CC(=O)c1cn(C[C@H]2C[C@@H]3CC[NH+]2C[C@@H]3C(=O)NCc2ccc(F)cc2)nn1. The van der Waals surface area contributed by atoms with Crippen LogP contribution in [-0.4, -0.2) is 45.8 Å². The lowest BCUT2D eigenvalue weighted by Gasteiger charge is -2.46. The zero-order valence-corrected chi connectivity index (χ0v) is 15.9. The number of nitrogens with zero attached hydrogens (tertiary/aromatic N) is 3. The first kappa shape index (κ1) is 18.7. The monoisotopic (exact) mass is 386 g/mol. The summed E-state index contributed by atoms with van der Waals surface area (Å²) in [6.45, 7) is 4.51. The van der Waals surface area contributed by atoms with Crippen LogP contribution in [0.2, 0.25) is 0 Å². The number of rotatable bonds is 6. The quantitative estimate of drug-likeness (QED) is 0.697. The Morgan fingerprint density at radius 1 is 1.32 bits per heavy atom. The number of hydrogen-bond donors (Lipinski definition) is 2. The highest BCUT2D eigenvalue weighted by molar-refractivity contribution is 5.91. The Labute approximate surface area is 162 Å². The van der Waals surface area contributed by atoms with Crippen LogP contribution in [0.4, 0.5) is 4.39 Å². The Kier molecular flexibility index (Phi) is 5.21. The molecule has 2 bridgehead atoms. The molecular weight excluding hydrogens is 361 g/mol. The minimum Gasteiger partial charge on any atom is -0.352 e. The molecule has 4 heterocycles. The van der Waals surface area contributed by atoms with E-state index in [1.165, 1.54) is 24.0 Å². The van der Waals surface area contributed by atoms with Crippen molar-refractivity contribution in [2.45, 2.75) is 38.9 Å². The molecule has 0 saturated carbocycles. The van der Waals surface area contributed by atoms with Crippen molar-refractivity contribution in [3.63, 3.8) is 0 Å². The number of amides is 1. The highest BCUT2D eigenvalue weighted by Crippen LogP contribution is 2.27. The number of carbonyl (C=O) groups is 2. The zero-order valence-electron chi connectivity index (χ0n) is 15.9. The minimum atomic E-state index is -0.273. The average molecular weight is 386 g/mol. The lowest BCUT2D eigenvalue weighted by atomic mass is 9.75. The Hall–Kier alpha value is -2.61. The second-order valence-electron chi connectivity index (χ2n) is 7.93. The van der Waals surface area contributed by atoms with Crippen molar-refractivity contribution >= 4 is 11.7 Å². The van der Waals surface area contributed by atoms with Gasteiger partial charge in [0.1, 0.15) is 17.6 Å². The summed E-state index contributed by atoms with van der Waals surface area (Å²) in [5.74, 6) is 0.118. The molecule has 3 fully saturated rings. The largest absolute Gasteiger partial charge is 0.352 e. The van der Waals surface area contributed by atoms with Crippen LogP contribution >= 0.6 is 0 Å². The fourth-order valence-electron chi connectivity index (χ4n) is 4.52. The Bertz CT molecular complexity index is 866. The normalized spacial score (nSPS) is 26.2. The van der Waals surface area contributed by atoms with Gasteiger partial charge >= 0.3 is 0 Å². The first-order chi connectivity index (χ1) is 13.5. The third-order valence-electron chi connectivity index (χ3n) is 6.08. The third kappa shape index (κ3) is 3.96. The molecule has 0 aliphatic carbocycles. The molecule has 28 heavy (non-hydrogen) atoms. The summed E-state index contributed by atoms with van der Waals surface area (Å²) in [5, 5.41) is 11.0. The maximum absolute atomic E-state index is 13.0. The number of fused-ring (bicyclic) bond motifs is 3. The third-order valence-corrected chi connectivity index (χ3v) is 6.08. The van der Waals surface area contributed by atoms with Crippen LogP contribution < -0.4 is 10.2 Å². The lowest BCUT2D eigenvalue weighted by Crippen LogP contribution is -3.20. The molecule has 3 saturated heterocycles. The fourth-order valence-corrected chi connectivity index (χ4v) is 4.52. The second kappa shape index (κ2) is 7.79. The van der Waals surface area contributed by atoms with Gasteiger partial charge in [0, 0.05) is 26.3 Å². The Balaban J connectivity index is 1.33. The summed E-state index contributed by atoms with van der Waals surface area (Å²) < 4.78 is 14.7. The second-order valence-corrected chi connectivity index (χ2v) is 7.93. The van der Waals surface area contributed by atoms with E-state index in [0.717, 1.165) is 38.0 Å². The van der Waals surface area contributed by atoms with Crippen LogP contribution in [0.5, 0.6) is 0 Å². The molecule has 4 atom stereocenters. The summed E-state index contributed by atoms with van der Waals surface area (Å²) in [6.07, 6.45) is 3.73. The van der Waals surface area contributed by atoms with Crippen LogP contribution in [-0.2, 0) is 17.9 Å². The van der Waals surface area contributed by atoms with E-state index < -0.39 is 0 Å². The predicted molar refractivity (Wildman–Crippen MR) is 99.0 cm³/mol. The van der Waals surface area contributed by atoms with Crippen molar-refractivity contribution < 1.29 is 18.9 Å². The van der Waals surface area contributed by atoms with Crippen molar-refractivity contribution in [3.05, 3.63) is 47.5 Å². The smallest absolute Gasteiger partial charge is 0.229 e. The standard InChI is InChI=1S/C20H24FN5O2/c1-13(27)19-12-26(24-23-19)10-17-8-15-6-7-25(17)11-18(15)20(28)22-9-14-2-4-16(21)5-3-14/h2-5,12,15,17-18H,6-11H2,1H3,(H,22,28)/p+1/t15-,17+,18-/m0/s1. The van der Waals surface area contributed by atoms with E-state index >= 15 is 0 Å². The van der Waals surface area contributed by atoms with Crippen molar-refractivity contribution in [1.82, 2.24) is 20.3 Å². The topological polar surface area (TPSA) is 81.3 Å². The van der Waals surface area contributed by atoms with E-state index in [1.54, 1.807) is 23.0 Å². The highest BCUT2D eigenvalue weighted by Gasteiger charge is 2.46. The van der Waals surface area contributed by atoms with Gasteiger partial charge in [-0.25, -0.2) is 9.07 Å². The van der Waals surface area contributed by atoms with Crippen LogP contribution in [0, 0.1) is 17.7 Å². The van der Waals surface area contributed by atoms with E-state index in [0.29, 0.717) is 24.2 Å². The fraction of sp³-hybridized carbons (Fsp3) is 0.500. The molecule has 3 aliphatic rings. The number of ketones is 1. The van der Waals surface area contributed by atoms with Gasteiger partial charge in [-0.05, 0) is 23.6 Å². The number of carbonyl (C=O) groups excluding carboxylic acids is 2. The van der Waals surface area contributed by atoms with E-state index in [-0.39, 0.29) is 23.4 Å². The molecule has 1 unspecified atom stereocenters. The summed E-state index contributed by atoms with van der Waals surface area (Å²) in [6, 6.07) is 6.60. The molecular formula is C20H25FN5O2+. The molecule has 1 aromatic heterocycles. The predicted octanol–water partition coefficient (Wildman–Crippen LogP) is 0.230. The molecule has 2 N–H and O–H groups in total. The number of quaternary nitrogens is 1. The number of nitrogens with one attached hydrogen (secondary N) is 2. The van der Waals surface area contributed by atoms with Gasteiger partial charge in [0.2, 0.25) is 5.91 Å². The van der Waals surface area contributed by atoms with Crippen LogP contribution in [0.15, 0.2) is 30.5 Å². The van der Waals surface area contributed by atoms with E-state index in [2.05, 4.69) is 15.6 Å². The van der Waals surface area contributed by atoms with Gasteiger partial charge in [-0.15, -0.1) is 5.10 Å². The van der Waals surface area contributed by atoms with Crippen LogP contribution in [0.25, 0.3) is 0 Å². The van der Waals surface area contributed by atoms with Crippen molar-refractivity contribution in [2.75, 3.05) is 13.1 Å². The van der Waals surface area contributed by atoms with Crippen molar-refractivity contribution in [2.24, 2.45) is 11.8 Å². The Morgan fingerprint density at radius 3 is 2.75 bits per heavy atom. The molecule has 148 valence electrons. The summed E-state index contributed by atoms with van der Waals surface area (Å²) >= 11 is 0. The number of hydrogen-bond acceptors (Lipinski definition) is 4. The van der Waals surface area contributed by atoms with Gasteiger partial charge in [-0.1, -0.05) is 17.3 Å². The summed E-state index contributed by atoms with van der Waals surface area (Å²) in [7, 11) is 0. The van der Waals surface area contributed by atoms with Gasteiger partial charge in [-0.3, -0.25) is 9.59 Å². The van der Waals surface area contributed by atoms with Gasteiger partial charge < -0.3 is 10.2 Å². The molecule has 1 aromatic carbocycles. The number of benzene rings is 1. The molecule has 2 aromatic rings. The van der Waals surface area contributed by atoms with Crippen molar-refractivity contribution in [1.29, 1.82) is 0 Å². The maximum atomic E-state index is 13.0. The van der Waals surface area contributed by atoms with Crippen molar-refractivity contribution in [3.8, 4) is 0 Å². The number of aromatic nitrogens is 3. The highest BCUT2D eigenvalue weighted by atomic mass is 19.1. The molecule has 3 aliphatic heterocycles. The molecule has 8 heteroatoms. The first-order valence-electron chi connectivity index (χ1n) is 9.77. The molecule has 1 amide bonds. The van der Waals surface area contributed by atoms with E-state index in [9.17, 15) is 14.0 Å². The number of halogens is 1. The molecule has 0 radical (unpaired) electrons. The van der Waals surface area contributed by atoms with Crippen LogP contribution in [0.3, 0.4) is 0 Å².